The van der Waals surface area contributed by atoms with E-state index in [4.69, 9.17) is 28.4 Å². The summed E-state index contributed by atoms with van der Waals surface area (Å²) in [7, 11) is 0. The lowest BCUT2D eigenvalue weighted by Gasteiger charge is -2.27. The molecular formula is C68H109N11O18. The van der Waals surface area contributed by atoms with Gasteiger partial charge in [-0.05, 0) is 204 Å². The largest absolute Gasteiger partial charge is 0.508 e. The Kier molecular flexibility index (Phi) is 31.5. The van der Waals surface area contributed by atoms with Gasteiger partial charge in [-0.3, -0.25) is 24.0 Å². The number of benzene rings is 2. The van der Waals surface area contributed by atoms with E-state index in [0.717, 1.165) is 0 Å². The molecule has 1 unspecified atom stereocenters. The van der Waals surface area contributed by atoms with Gasteiger partial charge in [0, 0.05) is 64.1 Å². The normalized spacial score (nSPS) is 16.4. The predicted molar refractivity (Wildman–Crippen MR) is 362 cm³/mol. The van der Waals surface area contributed by atoms with E-state index in [1.54, 1.807) is 161 Å². The average Bonchev–Trinajstić information content (AvgIpc) is 1.71. The summed E-state index contributed by atoms with van der Waals surface area (Å²) < 4.78 is 32.6. The van der Waals surface area contributed by atoms with E-state index in [9.17, 15) is 57.8 Å². The number of phenols is 1. The van der Waals surface area contributed by atoms with Crippen LogP contribution >= 0.6 is 0 Å². The summed E-state index contributed by atoms with van der Waals surface area (Å²) in [5.41, 5.74) is -3.12. The van der Waals surface area contributed by atoms with Crippen LogP contribution < -0.4 is 58.5 Å². The van der Waals surface area contributed by atoms with E-state index in [-0.39, 0.29) is 102 Å². The Hall–Kier alpha value is -8.79. The molecule has 6 atom stereocenters. The number of carbonyl (C=O) groups excluding carboxylic acids is 11. The molecule has 29 nitrogen and oxygen atoms in total. The summed E-state index contributed by atoms with van der Waals surface area (Å²) >= 11 is 0. The monoisotopic (exact) mass is 1370 g/mol. The number of alkyl carbamates (subject to hydrolysis) is 6. The van der Waals surface area contributed by atoms with Crippen molar-refractivity contribution in [1.82, 2.24) is 58.5 Å². The van der Waals surface area contributed by atoms with E-state index in [1.165, 1.54) is 6.07 Å². The lowest BCUT2D eigenvalue weighted by Crippen LogP contribution is -2.58. The summed E-state index contributed by atoms with van der Waals surface area (Å²) in [5.74, 6) is -3.87. The maximum atomic E-state index is 15.0. The maximum absolute atomic E-state index is 15.0. The molecule has 544 valence electrons. The molecule has 1 heterocycles. The lowest BCUT2D eigenvalue weighted by atomic mass is 9.95. The molecule has 11 amide bonds. The molecule has 3 rings (SSSR count). The third-order valence-electron chi connectivity index (χ3n) is 13.4. The van der Waals surface area contributed by atoms with Crippen LogP contribution in [-0.4, -0.2) is 174 Å². The fourth-order valence-electron chi connectivity index (χ4n) is 9.39. The molecule has 2 aromatic rings. The van der Waals surface area contributed by atoms with E-state index in [2.05, 4.69) is 58.5 Å². The molecule has 0 aliphatic carbocycles. The first kappa shape index (κ1) is 82.4. The Morgan fingerprint density at radius 2 is 0.990 bits per heavy atom. The number of hydrogen-bond donors (Lipinski definition) is 12. The highest BCUT2D eigenvalue weighted by Gasteiger charge is 2.34. The zero-order chi connectivity index (χ0) is 73.3. The predicted octanol–water partition coefficient (Wildman–Crippen LogP) is 7.22. The molecule has 29 heteroatoms. The van der Waals surface area contributed by atoms with Crippen LogP contribution in [0.4, 0.5) is 28.8 Å². The van der Waals surface area contributed by atoms with Crippen molar-refractivity contribution in [2.24, 2.45) is 0 Å². The third-order valence-corrected chi connectivity index (χ3v) is 13.4. The van der Waals surface area contributed by atoms with Gasteiger partial charge in [-0.15, -0.1) is 0 Å². The number of aromatic hydroxyl groups is 1. The number of fused-ring (bicyclic) bond motifs is 5. The average molecular weight is 1370 g/mol. The molecular weight excluding hydrogens is 1260 g/mol. The van der Waals surface area contributed by atoms with Crippen molar-refractivity contribution in [3.63, 3.8) is 0 Å². The Morgan fingerprint density at radius 3 is 1.56 bits per heavy atom. The Balaban J connectivity index is 1.99. The maximum Gasteiger partial charge on any atom is 0.408 e. The molecule has 0 radical (unpaired) electrons. The fraction of sp³-hybridized carbons (Fsp3) is 0.662. The van der Waals surface area contributed by atoms with Gasteiger partial charge in [0.05, 0.1) is 0 Å². The van der Waals surface area contributed by atoms with Crippen molar-refractivity contribution >= 4 is 66.1 Å². The van der Waals surface area contributed by atoms with E-state index in [1.807, 2.05) is 0 Å². The number of ether oxygens (including phenoxy) is 6. The summed E-state index contributed by atoms with van der Waals surface area (Å²) in [6.45, 7) is 30.1. The van der Waals surface area contributed by atoms with Crippen molar-refractivity contribution in [3.8, 4) is 16.9 Å². The number of amides is 11. The zero-order valence-corrected chi connectivity index (χ0v) is 60.0. The Morgan fingerprint density at radius 1 is 0.495 bits per heavy atom. The highest BCUT2D eigenvalue weighted by molar-refractivity contribution is 5.94. The van der Waals surface area contributed by atoms with Crippen LogP contribution in [0.3, 0.4) is 0 Å². The SMILES string of the molecule is CC(C)(C)OC(=O)NCCC[C@@H](CNC(=O)[C@H](CCCNC(=O)CC(CCNC(=O)OC(C)(C)C)NC(=O)[C@@H]1Cc2cccc(c2)-c2ccc(O)c(c2)C[C@H](NC(=O)OC(C)(C)C)C(=O)N[C@@H](CCCNC(=O)OC(C)(C)C)C(=O)N1)NC(=O)OC(C)(C)C)NC(=O)OC(C)(C)C. The Labute approximate surface area is 570 Å². The fourth-order valence-corrected chi connectivity index (χ4v) is 9.39. The van der Waals surface area contributed by atoms with Gasteiger partial charge in [-0.2, -0.15) is 0 Å². The lowest BCUT2D eigenvalue weighted by molar-refractivity contribution is -0.133. The van der Waals surface area contributed by atoms with Crippen molar-refractivity contribution in [3.05, 3.63) is 53.6 Å². The highest BCUT2D eigenvalue weighted by Crippen LogP contribution is 2.29. The molecule has 1 aliphatic heterocycles. The summed E-state index contributed by atoms with van der Waals surface area (Å²) in [6, 6.07) is 4.59. The first-order valence-corrected chi connectivity index (χ1v) is 33.0. The third kappa shape index (κ3) is 36.2. The van der Waals surface area contributed by atoms with Crippen molar-refractivity contribution in [2.45, 2.75) is 259 Å². The minimum absolute atomic E-state index is 0.0111. The molecule has 97 heavy (non-hydrogen) atoms. The van der Waals surface area contributed by atoms with E-state index < -0.39 is 136 Å². The number of phenolic OH excluding ortho intramolecular Hbond substituents is 1. The molecule has 0 fully saturated rings. The van der Waals surface area contributed by atoms with Gasteiger partial charge in [-0.1, -0.05) is 30.3 Å². The summed E-state index contributed by atoms with van der Waals surface area (Å²) in [6.07, 6.45) is -4.88. The molecule has 0 aromatic heterocycles. The van der Waals surface area contributed by atoms with Crippen LogP contribution in [-0.2, 0) is 65.2 Å². The van der Waals surface area contributed by atoms with E-state index >= 15 is 0 Å². The number of nitrogens with one attached hydrogen (secondary N) is 11. The van der Waals surface area contributed by atoms with Crippen LogP contribution in [0.2, 0.25) is 0 Å². The van der Waals surface area contributed by atoms with Gasteiger partial charge < -0.3 is 92.0 Å². The molecule has 0 saturated heterocycles. The summed E-state index contributed by atoms with van der Waals surface area (Å²) in [5, 5.41) is 41.1. The number of hydrogen-bond acceptors (Lipinski definition) is 18. The van der Waals surface area contributed by atoms with Crippen LogP contribution in [0.5, 0.6) is 5.75 Å². The molecule has 0 saturated carbocycles. The molecule has 4 bridgehead atoms. The van der Waals surface area contributed by atoms with Gasteiger partial charge in [0.15, 0.2) is 0 Å². The minimum atomic E-state index is -1.43. The van der Waals surface area contributed by atoms with Gasteiger partial charge in [-0.25, -0.2) is 28.8 Å². The second kappa shape index (κ2) is 37.1. The summed E-state index contributed by atoms with van der Waals surface area (Å²) in [4.78, 5) is 150. The smallest absolute Gasteiger partial charge is 0.408 e. The first-order valence-electron chi connectivity index (χ1n) is 33.0. The molecule has 2 aromatic carbocycles. The second-order valence-electron chi connectivity index (χ2n) is 29.8. The zero-order valence-electron chi connectivity index (χ0n) is 60.0. The van der Waals surface area contributed by atoms with Crippen molar-refractivity contribution in [1.29, 1.82) is 0 Å². The van der Waals surface area contributed by atoms with Crippen LogP contribution in [0.25, 0.3) is 11.1 Å². The van der Waals surface area contributed by atoms with Crippen LogP contribution in [0.1, 0.15) is 187 Å². The second-order valence-corrected chi connectivity index (χ2v) is 29.8. The van der Waals surface area contributed by atoms with Crippen molar-refractivity contribution in [2.75, 3.05) is 32.7 Å². The van der Waals surface area contributed by atoms with Gasteiger partial charge in [0.1, 0.15) is 63.5 Å². The van der Waals surface area contributed by atoms with Crippen LogP contribution in [0.15, 0.2) is 42.5 Å². The highest BCUT2D eigenvalue weighted by atomic mass is 16.6. The van der Waals surface area contributed by atoms with E-state index in [0.29, 0.717) is 23.1 Å². The minimum Gasteiger partial charge on any atom is -0.508 e. The topological polar surface area (TPSA) is 396 Å². The Bertz CT molecular complexity index is 3010. The molecule has 12 N–H and O–H groups in total. The van der Waals surface area contributed by atoms with Crippen molar-refractivity contribution < 1.29 is 86.3 Å². The van der Waals surface area contributed by atoms with Gasteiger partial charge >= 0.3 is 36.6 Å². The van der Waals surface area contributed by atoms with Gasteiger partial charge in [0.25, 0.3) is 0 Å². The van der Waals surface area contributed by atoms with Crippen LogP contribution in [0, 0.1) is 0 Å². The number of rotatable bonds is 25. The molecule has 0 spiro atoms. The standard InChI is InChI=1S/C68H109N11O18/c1-63(2,3)92-57(86)70-32-20-25-46(75-60(89)95-66(10,11)12)40-73-53(82)47(78-61(90)96-67(13,14)15)26-21-31-69-52(81)39-45(30-34-72-59(88)94-65(7,8)9)74-55(84)49-36-41-23-19-24-42(35-41)43-28-29-51(80)44(37-43)38-50(79-62(91)97-68(16,17)18)56(85)76-48(54(83)77-49)27-22-33-71-58(87)93-64(4,5)6/h19,23-24,28-29,35,37,45-50,80H,20-22,25-27,30-34,36,38-40H2,1-18H3,(H,69,81)(H,70,86)(H,71,87)(H,72,88)(H,73,82)(H,74,84)(H,75,89)(H,76,85)(H,77,83)(H,78,90)(H,79,91)/t45?,46-,47-,48-,49-,50-/m0/s1. The number of carbonyl (C=O) groups is 11. The quantitative estimate of drug-likeness (QED) is 0.0345. The van der Waals surface area contributed by atoms with Gasteiger partial charge in [0.2, 0.25) is 29.5 Å². The molecule has 1 aliphatic rings. The first-order chi connectivity index (χ1) is 44.7.